The third kappa shape index (κ3) is 6.88. The molecule has 0 spiro atoms. The number of rotatable bonds is 7. The zero-order valence-electron chi connectivity index (χ0n) is 16.4. The second kappa shape index (κ2) is 8.68. The predicted octanol–water partition coefficient (Wildman–Crippen LogP) is 0.860. The summed E-state index contributed by atoms with van der Waals surface area (Å²) in [6, 6.07) is 6.39. The molecular weight excluding hydrogens is 368 g/mol. The molecule has 27 heavy (non-hydrogen) atoms. The number of hydrogen-bond donors (Lipinski definition) is 3. The van der Waals surface area contributed by atoms with Crippen LogP contribution >= 0.6 is 0 Å². The molecule has 1 aliphatic heterocycles. The van der Waals surface area contributed by atoms with Crippen molar-refractivity contribution in [1.29, 1.82) is 0 Å². The van der Waals surface area contributed by atoms with E-state index in [1.54, 1.807) is 24.3 Å². The first kappa shape index (κ1) is 21.8. The summed E-state index contributed by atoms with van der Waals surface area (Å²) in [4.78, 5) is 12.2. The normalized spacial score (nSPS) is 23.4. The van der Waals surface area contributed by atoms with Crippen LogP contribution in [0.2, 0.25) is 0 Å². The highest BCUT2D eigenvalue weighted by molar-refractivity contribution is 7.90. The number of carbonyl (C=O) groups is 1. The fraction of sp³-hybridized carbons (Fsp3) is 0.632. The molecule has 0 aliphatic carbocycles. The Bertz CT molecular complexity index is 740. The third-order valence-corrected chi connectivity index (χ3v) is 5.52. The number of amides is 1. The molecule has 152 valence electrons. The van der Waals surface area contributed by atoms with Crippen molar-refractivity contribution in [3.05, 3.63) is 29.8 Å². The lowest BCUT2D eigenvalue weighted by Crippen LogP contribution is -2.44. The Morgan fingerprint density at radius 1 is 1.26 bits per heavy atom. The summed E-state index contributed by atoms with van der Waals surface area (Å²) in [5.41, 5.74) is 0.826. The van der Waals surface area contributed by atoms with Crippen molar-refractivity contribution in [1.82, 2.24) is 10.6 Å². The van der Waals surface area contributed by atoms with Gasteiger partial charge in [-0.25, -0.2) is 8.42 Å². The van der Waals surface area contributed by atoms with Crippen molar-refractivity contribution in [3.63, 3.8) is 0 Å². The summed E-state index contributed by atoms with van der Waals surface area (Å²) in [5, 5.41) is 16.4. The number of aliphatic hydroxyl groups excluding tert-OH is 1. The molecule has 0 bridgehead atoms. The van der Waals surface area contributed by atoms with Crippen molar-refractivity contribution in [2.75, 3.05) is 19.4 Å². The molecule has 3 atom stereocenters. The molecule has 3 N–H and O–H groups in total. The third-order valence-electron chi connectivity index (χ3n) is 4.39. The molecule has 7 nitrogen and oxygen atoms in total. The summed E-state index contributed by atoms with van der Waals surface area (Å²) in [6.45, 7) is 7.10. The van der Waals surface area contributed by atoms with Crippen molar-refractivity contribution >= 4 is 15.7 Å². The summed E-state index contributed by atoms with van der Waals surface area (Å²) < 4.78 is 28.6. The Labute approximate surface area is 161 Å². The lowest BCUT2D eigenvalue weighted by molar-refractivity contribution is -0.123. The average molecular weight is 399 g/mol. The molecule has 1 heterocycles. The van der Waals surface area contributed by atoms with E-state index in [0.29, 0.717) is 19.6 Å². The van der Waals surface area contributed by atoms with Crippen molar-refractivity contribution < 1.29 is 23.1 Å². The molecule has 1 amide bonds. The summed E-state index contributed by atoms with van der Waals surface area (Å²) in [7, 11) is -3.21. The molecular formula is C19H30N2O5S. The number of sulfone groups is 1. The van der Waals surface area contributed by atoms with Crippen LogP contribution in [0.3, 0.4) is 0 Å². The zero-order valence-corrected chi connectivity index (χ0v) is 17.2. The van der Waals surface area contributed by atoms with Gasteiger partial charge in [0, 0.05) is 25.8 Å². The van der Waals surface area contributed by atoms with Crippen LogP contribution in [0.1, 0.15) is 32.8 Å². The Balaban J connectivity index is 1.79. The summed E-state index contributed by atoms with van der Waals surface area (Å²) >= 11 is 0. The SMILES string of the molecule is CC(C)(C)CC(=O)NC[C@H]1OC[C@@H](NCc2ccc(S(C)(=O)=O)cc2)[C@@H]1O. The van der Waals surface area contributed by atoms with Gasteiger partial charge in [-0.1, -0.05) is 32.9 Å². The number of carbonyl (C=O) groups excluding carboxylic acids is 1. The minimum atomic E-state index is -3.21. The molecule has 0 saturated carbocycles. The number of benzene rings is 1. The van der Waals surface area contributed by atoms with E-state index in [2.05, 4.69) is 10.6 Å². The van der Waals surface area contributed by atoms with E-state index in [-0.39, 0.29) is 28.8 Å². The molecule has 1 aromatic carbocycles. The van der Waals surface area contributed by atoms with Gasteiger partial charge in [0.1, 0.15) is 6.10 Å². The van der Waals surface area contributed by atoms with Crippen LogP contribution in [0.4, 0.5) is 0 Å². The quantitative estimate of drug-likeness (QED) is 0.629. The highest BCUT2D eigenvalue weighted by Crippen LogP contribution is 2.19. The molecule has 2 rings (SSSR count). The van der Waals surface area contributed by atoms with Gasteiger partial charge in [0.2, 0.25) is 5.91 Å². The van der Waals surface area contributed by atoms with Gasteiger partial charge >= 0.3 is 0 Å². The smallest absolute Gasteiger partial charge is 0.220 e. The van der Waals surface area contributed by atoms with Gasteiger partial charge < -0.3 is 20.5 Å². The van der Waals surface area contributed by atoms with Gasteiger partial charge in [0.05, 0.1) is 23.6 Å². The number of aliphatic hydroxyl groups is 1. The van der Waals surface area contributed by atoms with Crippen LogP contribution in [0.15, 0.2) is 29.2 Å². The van der Waals surface area contributed by atoms with Gasteiger partial charge in [-0.3, -0.25) is 4.79 Å². The first-order chi connectivity index (χ1) is 12.5. The predicted molar refractivity (Wildman–Crippen MR) is 103 cm³/mol. The van der Waals surface area contributed by atoms with Crippen molar-refractivity contribution in [2.24, 2.45) is 5.41 Å². The molecule has 1 aliphatic rings. The lowest BCUT2D eigenvalue weighted by atomic mass is 9.92. The fourth-order valence-corrected chi connectivity index (χ4v) is 3.54. The number of hydrogen-bond acceptors (Lipinski definition) is 6. The van der Waals surface area contributed by atoms with Crippen molar-refractivity contribution in [3.8, 4) is 0 Å². The second-order valence-corrected chi connectivity index (χ2v) is 10.3. The maximum atomic E-state index is 11.9. The number of nitrogens with one attached hydrogen (secondary N) is 2. The highest BCUT2D eigenvalue weighted by Gasteiger charge is 2.35. The maximum Gasteiger partial charge on any atom is 0.220 e. The van der Waals surface area contributed by atoms with Gasteiger partial charge in [-0.2, -0.15) is 0 Å². The Morgan fingerprint density at radius 3 is 2.44 bits per heavy atom. The van der Waals surface area contributed by atoms with Crippen LogP contribution < -0.4 is 10.6 Å². The first-order valence-electron chi connectivity index (χ1n) is 9.04. The van der Waals surface area contributed by atoms with E-state index >= 15 is 0 Å². The Hall–Kier alpha value is -1.48. The van der Waals surface area contributed by atoms with Crippen LogP contribution in [-0.2, 0) is 25.9 Å². The minimum absolute atomic E-state index is 0.0549. The van der Waals surface area contributed by atoms with Crippen LogP contribution in [0.25, 0.3) is 0 Å². The fourth-order valence-electron chi connectivity index (χ4n) is 2.90. The topological polar surface area (TPSA) is 105 Å². The zero-order chi connectivity index (χ0) is 20.2. The maximum absolute atomic E-state index is 11.9. The monoisotopic (exact) mass is 398 g/mol. The second-order valence-electron chi connectivity index (χ2n) is 8.31. The first-order valence-corrected chi connectivity index (χ1v) is 10.9. The molecule has 1 aromatic rings. The van der Waals surface area contributed by atoms with E-state index in [9.17, 15) is 18.3 Å². The molecule has 0 unspecified atom stereocenters. The Kier molecular flexibility index (Phi) is 7.02. The average Bonchev–Trinajstić information content (AvgIpc) is 2.89. The van der Waals surface area contributed by atoms with E-state index in [1.165, 1.54) is 6.26 Å². The van der Waals surface area contributed by atoms with Gasteiger partial charge in [-0.05, 0) is 23.1 Å². The highest BCUT2D eigenvalue weighted by atomic mass is 32.2. The van der Waals surface area contributed by atoms with E-state index in [0.717, 1.165) is 5.56 Å². The molecule has 1 saturated heterocycles. The minimum Gasteiger partial charge on any atom is -0.389 e. The van der Waals surface area contributed by atoms with Crippen molar-refractivity contribution in [2.45, 2.75) is 56.9 Å². The standard InChI is InChI=1S/C19H30N2O5S/c1-19(2,3)9-17(22)21-11-16-18(23)15(12-26-16)20-10-13-5-7-14(8-6-13)27(4,24)25/h5-8,15-16,18,20,23H,9-12H2,1-4H3,(H,21,22)/t15-,16-,18+/m1/s1. The summed E-state index contributed by atoms with van der Waals surface area (Å²) in [6.07, 6.45) is 0.419. The van der Waals surface area contributed by atoms with Gasteiger partial charge in [0.25, 0.3) is 0 Å². The van der Waals surface area contributed by atoms with Crippen LogP contribution in [0.5, 0.6) is 0 Å². The van der Waals surface area contributed by atoms with Gasteiger partial charge in [-0.15, -0.1) is 0 Å². The van der Waals surface area contributed by atoms with E-state index < -0.39 is 22.0 Å². The largest absolute Gasteiger partial charge is 0.389 e. The van der Waals surface area contributed by atoms with E-state index in [1.807, 2.05) is 20.8 Å². The summed E-state index contributed by atoms with van der Waals surface area (Å²) in [5.74, 6) is -0.0549. The van der Waals surface area contributed by atoms with E-state index in [4.69, 9.17) is 4.74 Å². The molecule has 8 heteroatoms. The van der Waals surface area contributed by atoms with Gasteiger partial charge in [0.15, 0.2) is 9.84 Å². The number of ether oxygens (including phenoxy) is 1. The van der Waals surface area contributed by atoms with Crippen LogP contribution in [-0.4, -0.2) is 57.1 Å². The Morgan fingerprint density at radius 2 is 1.89 bits per heavy atom. The molecule has 1 fully saturated rings. The van der Waals surface area contributed by atoms with Crippen LogP contribution in [0, 0.1) is 5.41 Å². The molecule has 0 radical (unpaired) electrons. The lowest BCUT2D eigenvalue weighted by Gasteiger charge is -2.21. The molecule has 0 aromatic heterocycles.